The van der Waals surface area contributed by atoms with Crippen LogP contribution in [-0.2, 0) is 0 Å². The van der Waals surface area contributed by atoms with Gasteiger partial charge in [-0.2, -0.15) is 4.98 Å². The summed E-state index contributed by atoms with van der Waals surface area (Å²) in [4.78, 5) is 21.0. The summed E-state index contributed by atoms with van der Waals surface area (Å²) in [5, 5.41) is 2.87. The van der Waals surface area contributed by atoms with E-state index in [2.05, 4.69) is 15.3 Å². The molecule has 2 aromatic heterocycles. The minimum Gasteiger partial charge on any atom is -0.494 e. The van der Waals surface area contributed by atoms with E-state index < -0.39 is 0 Å². The van der Waals surface area contributed by atoms with Crippen LogP contribution in [0, 0.1) is 0 Å². The molecule has 0 aliphatic carbocycles. The van der Waals surface area contributed by atoms with Gasteiger partial charge in [-0.3, -0.25) is 4.79 Å². The fraction of sp³-hybridized carbons (Fsp3) is 0.0952. The minimum atomic E-state index is -0.199. The molecule has 6 nitrogen and oxygen atoms in total. The first-order chi connectivity index (χ1) is 13.2. The third-order valence-electron chi connectivity index (χ3n) is 3.96. The summed E-state index contributed by atoms with van der Waals surface area (Å²) in [5.41, 5.74) is 3.23. The molecule has 2 heterocycles. The number of hydrogen-bond acceptors (Lipinski definition) is 5. The Balaban J connectivity index is 1.50. The van der Waals surface area contributed by atoms with Gasteiger partial charge in [-0.15, -0.1) is 0 Å². The van der Waals surface area contributed by atoms with E-state index >= 15 is 0 Å². The van der Waals surface area contributed by atoms with E-state index in [1.807, 2.05) is 43.3 Å². The Hall–Kier alpha value is -3.67. The van der Waals surface area contributed by atoms with Crippen molar-refractivity contribution < 1.29 is 13.9 Å². The Labute approximate surface area is 155 Å². The van der Waals surface area contributed by atoms with Crippen molar-refractivity contribution in [3.05, 3.63) is 72.4 Å². The van der Waals surface area contributed by atoms with Gasteiger partial charge in [0.05, 0.1) is 6.61 Å². The molecule has 4 aromatic rings. The van der Waals surface area contributed by atoms with Crippen LogP contribution in [0.5, 0.6) is 5.75 Å². The van der Waals surface area contributed by atoms with Crippen LogP contribution in [0.15, 0.2) is 71.3 Å². The molecule has 0 aliphatic heterocycles. The first-order valence-corrected chi connectivity index (χ1v) is 8.59. The molecule has 0 radical (unpaired) electrons. The fourth-order valence-corrected chi connectivity index (χ4v) is 2.69. The van der Waals surface area contributed by atoms with Gasteiger partial charge in [0, 0.05) is 23.0 Å². The number of rotatable bonds is 5. The largest absolute Gasteiger partial charge is 0.494 e. The highest BCUT2D eigenvalue weighted by atomic mass is 16.5. The molecule has 1 N–H and O–H groups in total. The molecule has 0 saturated carbocycles. The Bertz CT molecular complexity index is 1050. The maximum Gasteiger partial charge on any atom is 0.255 e. The van der Waals surface area contributed by atoms with Crippen molar-refractivity contribution in [1.29, 1.82) is 0 Å². The highest BCUT2D eigenvalue weighted by Crippen LogP contribution is 2.24. The quantitative estimate of drug-likeness (QED) is 0.566. The van der Waals surface area contributed by atoms with Gasteiger partial charge in [-0.1, -0.05) is 6.07 Å². The van der Waals surface area contributed by atoms with Crippen LogP contribution in [0.3, 0.4) is 0 Å². The van der Waals surface area contributed by atoms with Gasteiger partial charge in [0.2, 0.25) is 5.89 Å². The van der Waals surface area contributed by atoms with Gasteiger partial charge in [-0.25, -0.2) is 4.98 Å². The number of carbonyl (C=O) groups is 1. The van der Waals surface area contributed by atoms with E-state index in [1.54, 1.807) is 30.5 Å². The van der Waals surface area contributed by atoms with Crippen molar-refractivity contribution in [3.8, 4) is 17.2 Å². The average molecular weight is 359 g/mol. The van der Waals surface area contributed by atoms with Crippen molar-refractivity contribution in [2.75, 3.05) is 11.9 Å². The van der Waals surface area contributed by atoms with Crippen molar-refractivity contribution in [3.63, 3.8) is 0 Å². The Morgan fingerprint density at radius 3 is 2.74 bits per heavy atom. The fourth-order valence-electron chi connectivity index (χ4n) is 2.69. The van der Waals surface area contributed by atoms with E-state index in [4.69, 9.17) is 9.15 Å². The van der Waals surface area contributed by atoms with E-state index in [0.29, 0.717) is 40.7 Å². The standard InChI is InChI=1S/C21H17N3O3/c1-2-26-17-6-3-5-15(13-17)20(25)23-16-10-8-14(9-11-16)21-24-19-18(27-21)7-4-12-22-19/h3-13H,2H2,1H3,(H,23,25). The van der Waals surface area contributed by atoms with Crippen LogP contribution >= 0.6 is 0 Å². The summed E-state index contributed by atoms with van der Waals surface area (Å²) in [6.45, 7) is 2.46. The zero-order valence-electron chi connectivity index (χ0n) is 14.7. The van der Waals surface area contributed by atoms with Gasteiger partial charge in [0.25, 0.3) is 5.91 Å². The summed E-state index contributed by atoms with van der Waals surface area (Å²) >= 11 is 0. The third-order valence-corrected chi connectivity index (χ3v) is 3.96. The van der Waals surface area contributed by atoms with Crippen molar-refractivity contribution in [1.82, 2.24) is 9.97 Å². The molecule has 2 aromatic carbocycles. The first kappa shape index (κ1) is 16.8. The number of ether oxygens (including phenoxy) is 1. The summed E-state index contributed by atoms with van der Waals surface area (Å²) < 4.78 is 11.1. The van der Waals surface area contributed by atoms with Gasteiger partial charge >= 0.3 is 0 Å². The number of carbonyl (C=O) groups excluding carboxylic acids is 1. The molecule has 0 aliphatic rings. The number of oxazole rings is 1. The SMILES string of the molecule is CCOc1cccc(C(=O)Nc2ccc(-c3nc4ncccc4o3)cc2)c1. The molecular weight excluding hydrogens is 342 g/mol. The lowest BCUT2D eigenvalue weighted by atomic mass is 10.1. The van der Waals surface area contributed by atoms with E-state index in [9.17, 15) is 4.79 Å². The maximum atomic E-state index is 12.4. The molecule has 27 heavy (non-hydrogen) atoms. The van der Waals surface area contributed by atoms with Gasteiger partial charge in [0.1, 0.15) is 5.75 Å². The van der Waals surface area contributed by atoms with Crippen LogP contribution in [0.2, 0.25) is 0 Å². The number of fused-ring (bicyclic) bond motifs is 1. The molecule has 6 heteroatoms. The van der Waals surface area contributed by atoms with E-state index in [-0.39, 0.29) is 5.91 Å². The maximum absolute atomic E-state index is 12.4. The lowest BCUT2D eigenvalue weighted by molar-refractivity contribution is 0.102. The van der Waals surface area contributed by atoms with Crippen molar-refractivity contribution in [2.45, 2.75) is 6.92 Å². The third kappa shape index (κ3) is 3.64. The monoisotopic (exact) mass is 359 g/mol. The molecule has 4 rings (SSSR count). The number of aromatic nitrogens is 2. The van der Waals surface area contributed by atoms with Gasteiger partial charge in [-0.05, 0) is 61.5 Å². The molecule has 0 unspecified atom stereocenters. The molecular formula is C21H17N3O3. The predicted molar refractivity (Wildman–Crippen MR) is 103 cm³/mol. The van der Waals surface area contributed by atoms with Gasteiger partial charge < -0.3 is 14.5 Å². The summed E-state index contributed by atoms with van der Waals surface area (Å²) in [6, 6.07) is 18.0. The van der Waals surface area contributed by atoms with Crippen LogP contribution in [0.1, 0.15) is 17.3 Å². The van der Waals surface area contributed by atoms with Crippen molar-refractivity contribution >= 4 is 22.8 Å². The summed E-state index contributed by atoms with van der Waals surface area (Å²) in [6.07, 6.45) is 1.67. The lowest BCUT2D eigenvalue weighted by Crippen LogP contribution is -2.11. The summed E-state index contributed by atoms with van der Waals surface area (Å²) in [7, 11) is 0. The van der Waals surface area contributed by atoms with E-state index in [0.717, 1.165) is 5.56 Å². The van der Waals surface area contributed by atoms with Crippen molar-refractivity contribution in [2.24, 2.45) is 0 Å². The molecule has 0 bridgehead atoms. The second-order valence-corrected chi connectivity index (χ2v) is 5.84. The molecule has 0 atom stereocenters. The van der Waals surface area contributed by atoms with Crippen LogP contribution < -0.4 is 10.1 Å². The zero-order valence-corrected chi connectivity index (χ0v) is 14.7. The van der Waals surface area contributed by atoms with Crippen LogP contribution in [-0.4, -0.2) is 22.5 Å². The normalized spacial score (nSPS) is 10.7. The molecule has 134 valence electrons. The molecule has 0 saturated heterocycles. The highest BCUT2D eigenvalue weighted by molar-refractivity contribution is 6.04. The number of amides is 1. The number of nitrogens with one attached hydrogen (secondary N) is 1. The number of nitrogens with zero attached hydrogens (tertiary/aromatic N) is 2. The van der Waals surface area contributed by atoms with Crippen LogP contribution in [0.4, 0.5) is 5.69 Å². The number of anilines is 1. The number of hydrogen-bond donors (Lipinski definition) is 1. The Morgan fingerprint density at radius 2 is 1.96 bits per heavy atom. The van der Waals surface area contributed by atoms with Crippen LogP contribution in [0.25, 0.3) is 22.7 Å². The Morgan fingerprint density at radius 1 is 1.11 bits per heavy atom. The number of benzene rings is 2. The molecule has 0 fully saturated rings. The smallest absolute Gasteiger partial charge is 0.255 e. The first-order valence-electron chi connectivity index (χ1n) is 8.59. The number of pyridine rings is 1. The second-order valence-electron chi connectivity index (χ2n) is 5.84. The van der Waals surface area contributed by atoms with Gasteiger partial charge in [0.15, 0.2) is 11.2 Å². The average Bonchev–Trinajstić information content (AvgIpc) is 3.13. The molecule has 1 amide bonds. The second kappa shape index (κ2) is 7.29. The highest BCUT2D eigenvalue weighted by Gasteiger charge is 2.10. The zero-order chi connectivity index (χ0) is 18.6. The lowest BCUT2D eigenvalue weighted by Gasteiger charge is -2.08. The Kier molecular flexibility index (Phi) is 4.53. The summed E-state index contributed by atoms with van der Waals surface area (Å²) in [5.74, 6) is 0.964. The predicted octanol–water partition coefficient (Wildman–Crippen LogP) is 4.54. The minimum absolute atomic E-state index is 0.199. The molecule has 0 spiro atoms. The van der Waals surface area contributed by atoms with E-state index in [1.165, 1.54) is 0 Å². The topological polar surface area (TPSA) is 77.2 Å².